The Labute approximate surface area is 108 Å². The lowest BCUT2D eigenvalue weighted by Gasteiger charge is -2.20. The van der Waals surface area contributed by atoms with Crippen LogP contribution in [0.15, 0.2) is 0 Å². The summed E-state index contributed by atoms with van der Waals surface area (Å²) in [5.74, 6) is -0.333. The lowest BCUT2D eigenvalue weighted by molar-refractivity contribution is -0.143. The van der Waals surface area contributed by atoms with E-state index in [-0.39, 0.29) is 17.1 Å². The molecule has 100 valence electrons. The molecule has 0 aromatic carbocycles. The molecule has 0 spiro atoms. The van der Waals surface area contributed by atoms with Crippen molar-refractivity contribution in [1.29, 1.82) is 0 Å². The Morgan fingerprint density at radius 2 is 1.88 bits per heavy atom. The van der Waals surface area contributed by atoms with E-state index in [2.05, 4.69) is 12.2 Å². The summed E-state index contributed by atoms with van der Waals surface area (Å²) in [4.78, 5) is 22.7. The van der Waals surface area contributed by atoms with Crippen LogP contribution in [0.5, 0.6) is 0 Å². The van der Waals surface area contributed by atoms with Gasteiger partial charge in [-0.3, -0.25) is 4.79 Å². The van der Waals surface area contributed by atoms with Crippen LogP contribution in [0.3, 0.4) is 0 Å². The number of aliphatic carboxylic acids is 1. The van der Waals surface area contributed by atoms with Crippen LogP contribution >= 0.6 is 11.8 Å². The molecule has 0 aromatic rings. The van der Waals surface area contributed by atoms with Crippen molar-refractivity contribution in [2.45, 2.75) is 51.8 Å². The Bertz CT molecular complexity index is 256. The lowest BCUT2D eigenvalue weighted by Crippen LogP contribution is -2.47. The fourth-order valence-electron chi connectivity index (χ4n) is 1.26. The first-order chi connectivity index (χ1) is 7.90. The minimum atomic E-state index is -0.973. The molecular formula is C12H23NO3S. The summed E-state index contributed by atoms with van der Waals surface area (Å²) in [5.41, 5.74) is 0. The summed E-state index contributed by atoms with van der Waals surface area (Å²) < 4.78 is 0. The van der Waals surface area contributed by atoms with Crippen molar-refractivity contribution >= 4 is 23.6 Å². The third-order valence-electron chi connectivity index (χ3n) is 2.47. The molecule has 0 saturated heterocycles. The molecule has 0 radical (unpaired) electrons. The van der Waals surface area contributed by atoms with E-state index in [0.717, 1.165) is 18.6 Å². The second-order valence-corrected chi connectivity index (χ2v) is 5.88. The van der Waals surface area contributed by atoms with Crippen molar-refractivity contribution in [3.05, 3.63) is 0 Å². The van der Waals surface area contributed by atoms with Crippen LogP contribution in [0.2, 0.25) is 0 Å². The van der Waals surface area contributed by atoms with E-state index in [1.807, 2.05) is 6.92 Å². The quantitative estimate of drug-likeness (QED) is 0.657. The summed E-state index contributed by atoms with van der Waals surface area (Å²) in [7, 11) is 0. The van der Waals surface area contributed by atoms with Gasteiger partial charge in [-0.1, -0.05) is 27.2 Å². The molecule has 0 heterocycles. The Balaban J connectivity index is 4.16. The fraction of sp³-hybridized carbons (Fsp3) is 0.833. The average Bonchev–Trinajstić information content (AvgIpc) is 2.24. The van der Waals surface area contributed by atoms with E-state index in [9.17, 15) is 9.59 Å². The normalized spacial score (nSPS) is 14.4. The van der Waals surface area contributed by atoms with Crippen LogP contribution in [0.4, 0.5) is 0 Å². The Hall–Kier alpha value is -0.710. The van der Waals surface area contributed by atoms with Crippen LogP contribution in [-0.2, 0) is 9.59 Å². The molecule has 5 heteroatoms. The lowest BCUT2D eigenvalue weighted by atomic mass is 10.0. The van der Waals surface area contributed by atoms with Gasteiger partial charge in [-0.05, 0) is 25.0 Å². The first-order valence-electron chi connectivity index (χ1n) is 6.04. The van der Waals surface area contributed by atoms with E-state index in [1.165, 1.54) is 0 Å². The van der Waals surface area contributed by atoms with Crippen LogP contribution in [0.25, 0.3) is 0 Å². The van der Waals surface area contributed by atoms with Crippen molar-refractivity contribution in [1.82, 2.24) is 5.32 Å². The van der Waals surface area contributed by atoms with Gasteiger partial charge in [-0.15, -0.1) is 11.8 Å². The molecule has 2 N–H and O–H groups in total. The molecule has 4 nitrogen and oxygen atoms in total. The number of hydrogen-bond donors (Lipinski definition) is 2. The van der Waals surface area contributed by atoms with Crippen LogP contribution in [-0.4, -0.2) is 34.0 Å². The SMILES string of the molecule is CCCCSC(C)C(=O)N[C@@H](C(=O)O)C(C)C. The van der Waals surface area contributed by atoms with Gasteiger partial charge < -0.3 is 10.4 Å². The number of hydrogen-bond acceptors (Lipinski definition) is 3. The first kappa shape index (κ1) is 16.3. The van der Waals surface area contributed by atoms with Gasteiger partial charge in [0.15, 0.2) is 0 Å². The number of carboxylic acid groups (broad SMARTS) is 1. The highest BCUT2D eigenvalue weighted by Gasteiger charge is 2.25. The maximum Gasteiger partial charge on any atom is 0.326 e. The molecule has 0 fully saturated rings. The summed E-state index contributed by atoms with van der Waals surface area (Å²) in [5, 5.41) is 11.4. The van der Waals surface area contributed by atoms with Gasteiger partial charge in [-0.25, -0.2) is 4.79 Å². The van der Waals surface area contributed by atoms with Crippen LogP contribution in [0, 0.1) is 5.92 Å². The monoisotopic (exact) mass is 261 g/mol. The minimum Gasteiger partial charge on any atom is -0.480 e. The molecule has 17 heavy (non-hydrogen) atoms. The molecule has 0 aromatic heterocycles. The standard InChI is InChI=1S/C12H23NO3S/c1-5-6-7-17-9(4)11(14)13-10(8(2)3)12(15)16/h8-10H,5-7H2,1-4H3,(H,13,14)(H,15,16)/t9?,10-/m1/s1. The number of carbonyl (C=O) groups is 2. The van der Waals surface area contributed by atoms with Crippen molar-refractivity contribution < 1.29 is 14.7 Å². The number of carbonyl (C=O) groups excluding carboxylic acids is 1. The van der Waals surface area contributed by atoms with Gasteiger partial charge in [0.05, 0.1) is 5.25 Å². The molecule has 0 bridgehead atoms. The van der Waals surface area contributed by atoms with Crippen molar-refractivity contribution in [2.24, 2.45) is 5.92 Å². The number of carboxylic acids is 1. The third kappa shape index (κ3) is 6.56. The Kier molecular flexibility index (Phi) is 8.04. The molecule has 2 atom stereocenters. The summed E-state index contributed by atoms with van der Waals surface area (Å²) in [6.07, 6.45) is 2.18. The van der Waals surface area contributed by atoms with Gasteiger partial charge in [0.25, 0.3) is 0 Å². The highest BCUT2D eigenvalue weighted by atomic mass is 32.2. The highest BCUT2D eigenvalue weighted by Crippen LogP contribution is 2.13. The largest absolute Gasteiger partial charge is 0.480 e. The predicted molar refractivity (Wildman–Crippen MR) is 71.2 cm³/mol. The topological polar surface area (TPSA) is 66.4 Å². The van der Waals surface area contributed by atoms with Crippen molar-refractivity contribution in [3.8, 4) is 0 Å². The zero-order chi connectivity index (χ0) is 13.4. The van der Waals surface area contributed by atoms with E-state index >= 15 is 0 Å². The zero-order valence-electron chi connectivity index (χ0n) is 11.0. The van der Waals surface area contributed by atoms with E-state index < -0.39 is 12.0 Å². The van der Waals surface area contributed by atoms with Gasteiger partial charge in [-0.2, -0.15) is 0 Å². The molecule has 1 amide bonds. The van der Waals surface area contributed by atoms with Gasteiger partial charge in [0.1, 0.15) is 6.04 Å². The fourth-order valence-corrected chi connectivity index (χ4v) is 2.29. The van der Waals surface area contributed by atoms with Crippen molar-refractivity contribution in [2.75, 3.05) is 5.75 Å². The Morgan fingerprint density at radius 3 is 2.29 bits per heavy atom. The maximum atomic E-state index is 11.8. The molecular weight excluding hydrogens is 238 g/mol. The second-order valence-electron chi connectivity index (χ2n) is 4.44. The summed E-state index contributed by atoms with van der Waals surface area (Å²) in [6, 6.07) is -0.795. The number of thioether (sulfide) groups is 1. The predicted octanol–water partition coefficient (Wildman–Crippen LogP) is 2.13. The van der Waals surface area contributed by atoms with Gasteiger partial charge in [0, 0.05) is 0 Å². The molecule has 0 aliphatic heterocycles. The Morgan fingerprint density at radius 1 is 1.29 bits per heavy atom. The highest BCUT2D eigenvalue weighted by molar-refractivity contribution is 8.00. The molecule has 0 aliphatic rings. The minimum absolute atomic E-state index is 0.107. The van der Waals surface area contributed by atoms with E-state index in [4.69, 9.17) is 5.11 Å². The average molecular weight is 261 g/mol. The van der Waals surface area contributed by atoms with E-state index in [0.29, 0.717) is 0 Å². The number of amides is 1. The number of rotatable bonds is 8. The summed E-state index contributed by atoms with van der Waals surface area (Å²) >= 11 is 1.57. The zero-order valence-corrected chi connectivity index (χ0v) is 11.8. The van der Waals surface area contributed by atoms with E-state index in [1.54, 1.807) is 25.6 Å². The first-order valence-corrected chi connectivity index (χ1v) is 7.09. The maximum absolute atomic E-state index is 11.8. The molecule has 0 aliphatic carbocycles. The van der Waals surface area contributed by atoms with Gasteiger partial charge in [0.2, 0.25) is 5.91 Å². The number of unbranched alkanes of at least 4 members (excludes halogenated alkanes) is 1. The smallest absolute Gasteiger partial charge is 0.326 e. The second kappa shape index (κ2) is 8.39. The summed E-state index contributed by atoms with van der Waals surface area (Å²) in [6.45, 7) is 7.49. The van der Waals surface area contributed by atoms with Crippen molar-refractivity contribution in [3.63, 3.8) is 0 Å². The molecule has 0 saturated carbocycles. The number of nitrogens with one attached hydrogen (secondary N) is 1. The molecule has 1 unspecified atom stereocenters. The van der Waals surface area contributed by atoms with Gasteiger partial charge >= 0.3 is 5.97 Å². The van der Waals surface area contributed by atoms with Crippen LogP contribution in [0.1, 0.15) is 40.5 Å². The molecule has 0 rings (SSSR count). The van der Waals surface area contributed by atoms with Crippen LogP contribution < -0.4 is 5.32 Å². The third-order valence-corrected chi connectivity index (χ3v) is 3.70.